The molecule has 0 fully saturated rings. The summed E-state index contributed by atoms with van der Waals surface area (Å²) >= 11 is 3.20. The second kappa shape index (κ2) is 5.84. The van der Waals surface area contributed by atoms with E-state index in [9.17, 15) is 9.50 Å². The molecule has 102 valence electrons. The largest absolute Gasteiger partial charge is 0.388 e. The van der Waals surface area contributed by atoms with E-state index in [1.54, 1.807) is 12.1 Å². The summed E-state index contributed by atoms with van der Waals surface area (Å²) in [4.78, 5) is 0. The zero-order valence-electron chi connectivity index (χ0n) is 10.9. The monoisotopic (exact) mass is 326 g/mol. The number of halogens is 2. The van der Waals surface area contributed by atoms with Crippen LogP contribution in [0, 0.1) is 12.7 Å². The van der Waals surface area contributed by atoms with Crippen LogP contribution in [-0.4, -0.2) is 14.9 Å². The number of rotatable bonds is 4. The van der Waals surface area contributed by atoms with Gasteiger partial charge in [0.05, 0.1) is 11.8 Å². The van der Waals surface area contributed by atoms with E-state index in [0.29, 0.717) is 16.5 Å². The number of aromatic nitrogens is 2. The Morgan fingerprint density at radius 1 is 1.42 bits per heavy atom. The highest BCUT2D eigenvalue weighted by molar-refractivity contribution is 9.10. The van der Waals surface area contributed by atoms with E-state index in [1.807, 2.05) is 24.6 Å². The van der Waals surface area contributed by atoms with Gasteiger partial charge in [0, 0.05) is 28.7 Å². The molecule has 0 amide bonds. The Balaban J connectivity index is 2.22. The molecule has 19 heavy (non-hydrogen) atoms. The maximum atomic E-state index is 13.8. The molecule has 0 spiro atoms. The number of aliphatic hydroxyl groups is 1. The van der Waals surface area contributed by atoms with Crippen molar-refractivity contribution in [1.29, 1.82) is 0 Å². The van der Waals surface area contributed by atoms with E-state index >= 15 is 0 Å². The van der Waals surface area contributed by atoms with Gasteiger partial charge in [-0.05, 0) is 32.0 Å². The molecule has 1 heterocycles. The van der Waals surface area contributed by atoms with Gasteiger partial charge in [0.2, 0.25) is 0 Å². The molecule has 1 aromatic carbocycles. The van der Waals surface area contributed by atoms with E-state index in [1.165, 1.54) is 6.07 Å². The summed E-state index contributed by atoms with van der Waals surface area (Å²) in [6.45, 7) is 4.63. The summed E-state index contributed by atoms with van der Waals surface area (Å²) in [6, 6.07) is 6.61. The lowest BCUT2D eigenvalue weighted by Gasteiger charge is -2.13. The summed E-state index contributed by atoms with van der Waals surface area (Å²) < 4.78 is 16.3. The molecule has 5 heteroatoms. The topological polar surface area (TPSA) is 38.0 Å². The van der Waals surface area contributed by atoms with Gasteiger partial charge in [0.25, 0.3) is 0 Å². The van der Waals surface area contributed by atoms with Gasteiger partial charge in [-0.25, -0.2) is 4.39 Å². The van der Waals surface area contributed by atoms with Crippen molar-refractivity contribution in [2.45, 2.75) is 32.9 Å². The van der Waals surface area contributed by atoms with Gasteiger partial charge < -0.3 is 5.11 Å². The Morgan fingerprint density at radius 3 is 2.79 bits per heavy atom. The average molecular weight is 327 g/mol. The Hall–Kier alpha value is -1.20. The molecule has 1 atom stereocenters. The van der Waals surface area contributed by atoms with Crippen molar-refractivity contribution in [2.75, 3.05) is 0 Å². The third kappa shape index (κ3) is 3.22. The summed E-state index contributed by atoms with van der Waals surface area (Å²) in [5.74, 6) is -0.402. The fourth-order valence-corrected chi connectivity index (χ4v) is 2.45. The third-order valence-electron chi connectivity index (χ3n) is 3.01. The van der Waals surface area contributed by atoms with E-state index in [4.69, 9.17) is 0 Å². The quantitative estimate of drug-likeness (QED) is 0.935. The zero-order valence-corrected chi connectivity index (χ0v) is 12.5. The average Bonchev–Trinajstić information content (AvgIpc) is 2.69. The van der Waals surface area contributed by atoms with Crippen molar-refractivity contribution >= 4 is 15.9 Å². The Bertz CT molecular complexity index is 583. The number of aryl methyl sites for hydroxylation is 2. The van der Waals surface area contributed by atoms with Gasteiger partial charge in [-0.15, -0.1) is 0 Å². The van der Waals surface area contributed by atoms with Crippen LogP contribution in [0.5, 0.6) is 0 Å². The summed E-state index contributed by atoms with van der Waals surface area (Å²) in [5.41, 5.74) is 2.12. The number of aliphatic hydroxyl groups excluding tert-OH is 1. The lowest BCUT2D eigenvalue weighted by molar-refractivity contribution is 0.170. The smallest absolute Gasteiger partial charge is 0.130 e. The van der Waals surface area contributed by atoms with Crippen molar-refractivity contribution in [3.05, 3.63) is 51.5 Å². The minimum Gasteiger partial charge on any atom is -0.388 e. The van der Waals surface area contributed by atoms with Crippen LogP contribution in [0.25, 0.3) is 0 Å². The molecule has 0 aliphatic carbocycles. The van der Waals surface area contributed by atoms with Crippen LogP contribution in [0.2, 0.25) is 0 Å². The van der Waals surface area contributed by atoms with Crippen molar-refractivity contribution in [3.63, 3.8) is 0 Å². The molecule has 1 N–H and O–H groups in total. The Kier molecular flexibility index (Phi) is 4.37. The number of hydrogen-bond donors (Lipinski definition) is 1. The van der Waals surface area contributed by atoms with Crippen molar-refractivity contribution in [3.8, 4) is 0 Å². The first-order valence-corrected chi connectivity index (χ1v) is 6.97. The lowest BCUT2D eigenvalue weighted by atomic mass is 10.0. The Morgan fingerprint density at radius 2 is 2.16 bits per heavy atom. The highest BCUT2D eigenvalue weighted by Crippen LogP contribution is 2.24. The molecular weight excluding hydrogens is 311 g/mol. The lowest BCUT2D eigenvalue weighted by Crippen LogP contribution is -2.09. The number of benzene rings is 1. The van der Waals surface area contributed by atoms with Crippen LogP contribution >= 0.6 is 15.9 Å². The van der Waals surface area contributed by atoms with Gasteiger partial charge in [-0.1, -0.05) is 22.0 Å². The summed E-state index contributed by atoms with van der Waals surface area (Å²) in [6.07, 6.45) is -0.512. The predicted octanol–water partition coefficient (Wildman–Crippen LogP) is 3.39. The van der Waals surface area contributed by atoms with E-state index in [2.05, 4.69) is 21.0 Å². The highest BCUT2D eigenvalue weighted by atomic mass is 79.9. The van der Waals surface area contributed by atoms with Gasteiger partial charge in [-0.3, -0.25) is 4.68 Å². The normalized spacial score (nSPS) is 12.7. The first kappa shape index (κ1) is 14.2. The van der Waals surface area contributed by atoms with Gasteiger partial charge >= 0.3 is 0 Å². The molecule has 1 aromatic heterocycles. The summed E-state index contributed by atoms with van der Waals surface area (Å²) in [5, 5.41) is 14.5. The molecular formula is C14H16BrFN2O. The first-order chi connectivity index (χ1) is 9.01. The van der Waals surface area contributed by atoms with Gasteiger partial charge in [0.15, 0.2) is 0 Å². The van der Waals surface area contributed by atoms with Crippen LogP contribution in [-0.2, 0) is 13.0 Å². The van der Waals surface area contributed by atoms with Crippen LogP contribution in [0.15, 0.2) is 28.7 Å². The maximum Gasteiger partial charge on any atom is 0.130 e. The van der Waals surface area contributed by atoms with Gasteiger partial charge in [-0.2, -0.15) is 5.10 Å². The summed E-state index contributed by atoms with van der Waals surface area (Å²) in [7, 11) is 0. The minimum absolute atomic E-state index is 0.310. The fraction of sp³-hybridized carbons (Fsp3) is 0.357. The van der Waals surface area contributed by atoms with E-state index in [0.717, 1.165) is 17.9 Å². The first-order valence-electron chi connectivity index (χ1n) is 6.17. The molecule has 0 aliphatic heterocycles. The molecule has 3 nitrogen and oxygen atoms in total. The molecule has 0 aliphatic rings. The minimum atomic E-state index is -0.866. The van der Waals surface area contributed by atoms with E-state index < -0.39 is 11.9 Å². The molecule has 0 saturated carbocycles. The highest BCUT2D eigenvalue weighted by Gasteiger charge is 2.16. The molecule has 1 unspecified atom stereocenters. The maximum absolute atomic E-state index is 13.8. The second-order valence-corrected chi connectivity index (χ2v) is 5.39. The van der Waals surface area contributed by atoms with Crippen molar-refractivity contribution in [1.82, 2.24) is 9.78 Å². The third-order valence-corrected chi connectivity index (χ3v) is 3.50. The van der Waals surface area contributed by atoms with Crippen LogP contribution in [0.4, 0.5) is 4.39 Å². The molecule has 2 aromatic rings. The van der Waals surface area contributed by atoms with Crippen molar-refractivity contribution < 1.29 is 9.50 Å². The zero-order chi connectivity index (χ0) is 14.0. The fourth-order valence-electron chi connectivity index (χ4n) is 2.12. The molecule has 2 rings (SSSR count). The van der Waals surface area contributed by atoms with Gasteiger partial charge in [0.1, 0.15) is 5.82 Å². The molecule has 0 saturated heterocycles. The molecule has 0 bridgehead atoms. The molecule has 0 radical (unpaired) electrons. The Labute approximate surface area is 120 Å². The number of hydrogen-bond acceptors (Lipinski definition) is 2. The van der Waals surface area contributed by atoms with Crippen LogP contribution < -0.4 is 0 Å². The predicted molar refractivity (Wildman–Crippen MR) is 75.4 cm³/mol. The van der Waals surface area contributed by atoms with Crippen LogP contribution in [0.3, 0.4) is 0 Å². The second-order valence-electron chi connectivity index (χ2n) is 4.48. The van der Waals surface area contributed by atoms with Crippen LogP contribution in [0.1, 0.15) is 30.0 Å². The van der Waals surface area contributed by atoms with Crippen molar-refractivity contribution in [2.24, 2.45) is 0 Å². The standard InChI is InChI=1S/C14H16BrFN2O/c1-3-18-11(6-9(2)17-18)8-14(19)12-5-4-10(15)7-13(12)16/h4-7,14,19H,3,8H2,1-2H3. The number of nitrogens with zero attached hydrogens (tertiary/aromatic N) is 2. The SMILES string of the molecule is CCn1nc(C)cc1CC(O)c1ccc(Br)cc1F. The van der Waals surface area contributed by atoms with E-state index in [-0.39, 0.29) is 0 Å².